The maximum atomic E-state index is 12.6. The first kappa shape index (κ1) is 16.1. The van der Waals surface area contributed by atoms with E-state index in [1.165, 1.54) is 0 Å². The summed E-state index contributed by atoms with van der Waals surface area (Å²) in [5.74, 6) is 0.0484. The van der Waals surface area contributed by atoms with Crippen LogP contribution in [0.25, 0.3) is 11.0 Å². The highest BCUT2D eigenvalue weighted by Crippen LogP contribution is 2.28. The monoisotopic (exact) mass is 350 g/mol. The summed E-state index contributed by atoms with van der Waals surface area (Å²) in [5.41, 5.74) is 3.11. The van der Waals surface area contributed by atoms with Gasteiger partial charge in [0.25, 0.3) is 0 Å². The van der Waals surface area contributed by atoms with Gasteiger partial charge in [-0.2, -0.15) is 0 Å². The van der Waals surface area contributed by atoms with Crippen LogP contribution >= 0.6 is 0 Å². The molecule has 0 saturated carbocycles. The van der Waals surface area contributed by atoms with Gasteiger partial charge in [-0.25, -0.2) is 4.98 Å². The van der Waals surface area contributed by atoms with Crippen LogP contribution in [0.1, 0.15) is 6.42 Å². The number of hydrogen-bond acceptors (Lipinski definition) is 4. The molecule has 1 saturated heterocycles. The first-order valence-corrected chi connectivity index (χ1v) is 8.32. The second kappa shape index (κ2) is 6.51. The van der Waals surface area contributed by atoms with Crippen molar-refractivity contribution in [2.75, 3.05) is 23.9 Å². The van der Waals surface area contributed by atoms with Crippen LogP contribution in [0, 0.1) is 5.92 Å². The lowest BCUT2D eigenvalue weighted by Crippen LogP contribution is -2.28. The Hall–Kier alpha value is -3.35. The summed E-state index contributed by atoms with van der Waals surface area (Å²) in [4.78, 5) is 33.8. The molecule has 0 aliphatic carbocycles. The number of fused-ring (bicyclic) bond motifs is 1. The number of ether oxygens (including phenoxy) is 1. The van der Waals surface area contributed by atoms with E-state index < -0.39 is 5.92 Å². The minimum atomic E-state index is -0.397. The Kier molecular flexibility index (Phi) is 4.04. The summed E-state index contributed by atoms with van der Waals surface area (Å²) in [5, 5.41) is 2.89. The van der Waals surface area contributed by atoms with E-state index >= 15 is 0 Å². The van der Waals surface area contributed by atoms with Crippen molar-refractivity contribution in [1.82, 2.24) is 9.97 Å². The van der Waals surface area contributed by atoms with E-state index in [0.717, 1.165) is 16.7 Å². The molecule has 3 aromatic rings. The zero-order chi connectivity index (χ0) is 18.1. The van der Waals surface area contributed by atoms with Crippen LogP contribution in [-0.2, 0) is 9.59 Å². The Morgan fingerprint density at radius 2 is 2.19 bits per heavy atom. The number of methoxy groups -OCH3 is 1. The zero-order valence-electron chi connectivity index (χ0n) is 14.2. The molecule has 0 bridgehead atoms. The second-order valence-electron chi connectivity index (χ2n) is 6.23. The highest BCUT2D eigenvalue weighted by atomic mass is 16.5. The number of nitrogens with one attached hydrogen (secondary N) is 2. The van der Waals surface area contributed by atoms with Crippen molar-refractivity contribution in [2.24, 2.45) is 5.92 Å². The fraction of sp³-hybridized carbons (Fsp3) is 0.211. The van der Waals surface area contributed by atoms with Gasteiger partial charge in [0.15, 0.2) is 0 Å². The smallest absolute Gasteiger partial charge is 0.229 e. The maximum Gasteiger partial charge on any atom is 0.229 e. The molecule has 26 heavy (non-hydrogen) atoms. The van der Waals surface area contributed by atoms with Gasteiger partial charge in [0.05, 0.1) is 30.4 Å². The molecule has 0 spiro atoms. The average Bonchev–Trinajstić information content (AvgIpc) is 3.27. The van der Waals surface area contributed by atoms with E-state index in [9.17, 15) is 9.59 Å². The number of anilines is 2. The van der Waals surface area contributed by atoms with E-state index in [-0.39, 0.29) is 18.2 Å². The highest BCUT2D eigenvalue weighted by molar-refractivity contribution is 6.04. The number of carbonyl (C=O) groups is 2. The Morgan fingerprint density at radius 1 is 1.31 bits per heavy atom. The summed E-state index contributed by atoms with van der Waals surface area (Å²) >= 11 is 0. The number of nitrogens with zero attached hydrogens (tertiary/aromatic N) is 2. The molecule has 2 amide bonds. The molecular weight excluding hydrogens is 332 g/mol. The van der Waals surface area contributed by atoms with Gasteiger partial charge in [0, 0.05) is 30.4 Å². The second-order valence-corrected chi connectivity index (χ2v) is 6.23. The lowest BCUT2D eigenvalue weighted by molar-refractivity contribution is -0.122. The molecule has 0 unspecified atom stereocenters. The molecule has 1 aromatic heterocycles. The highest BCUT2D eigenvalue weighted by Gasteiger charge is 2.35. The fourth-order valence-corrected chi connectivity index (χ4v) is 3.17. The Labute approximate surface area is 150 Å². The van der Waals surface area contributed by atoms with Gasteiger partial charge in [-0.15, -0.1) is 0 Å². The fourth-order valence-electron chi connectivity index (χ4n) is 3.17. The minimum Gasteiger partial charge on any atom is -0.497 e. The number of imidazole rings is 1. The number of aromatic nitrogens is 2. The van der Waals surface area contributed by atoms with Gasteiger partial charge >= 0.3 is 0 Å². The van der Waals surface area contributed by atoms with E-state index in [1.54, 1.807) is 30.5 Å². The van der Waals surface area contributed by atoms with Crippen LogP contribution in [0.3, 0.4) is 0 Å². The third-order valence-corrected chi connectivity index (χ3v) is 4.55. The van der Waals surface area contributed by atoms with Crippen molar-refractivity contribution >= 4 is 34.2 Å². The number of rotatable bonds is 4. The van der Waals surface area contributed by atoms with Crippen LogP contribution in [0.2, 0.25) is 0 Å². The standard InChI is InChI=1S/C19H18N4O3/c1-26-15-4-2-3-14(9-15)23-10-12(7-18(23)24)19(25)22-13-5-6-16-17(8-13)21-11-20-16/h2-6,8-9,11-12H,7,10H2,1H3,(H,20,21)(H,22,25)/t12-/m1/s1. The molecule has 1 fully saturated rings. The van der Waals surface area contributed by atoms with Crippen LogP contribution in [0.4, 0.5) is 11.4 Å². The third kappa shape index (κ3) is 2.99. The molecule has 1 aliphatic rings. The number of aromatic amines is 1. The van der Waals surface area contributed by atoms with Crippen molar-refractivity contribution in [1.29, 1.82) is 0 Å². The van der Waals surface area contributed by atoms with Gasteiger partial charge in [-0.3, -0.25) is 9.59 Å². The zero-order valence-corrected chi connectivity index (χ0v) is 14.2. The molecule has 7 nitrogen and oxygen atoms in total. The molecule has 0 radical (unpaired) electrons. The predicted molar refractivity (Wildman–Crippen MR) is 98.2 cm³/mol. The normalized spacial score (nSPS) is 16.9. The first-order chi connectivity index (χ1) is 12.6. The van der Waals surface area contributed by atoms with Crippen LogP contribution in [-0.4, -0.2) is 35.4 Å². The van der Waals surface area contributed by atoms with Gasteiger partial charge in [0.2, 0.25) is 11.8 Å². The molecule has 132 valence electrons. The van der Waals surface area contributed by atoms with Gasteiger partial charge in [-0.1, -0.05) is 6.07 Å². The average molecular weight is 350 g/mol. The molecule has 2 heterocycles. The summed E-state index contributed by atoms with van der Waals surface area (Å²) < 4.78 is 5.21. The Bertz CT molecular complexity index is 982. The predicted octanol–water partition coefficient (Wildman–Crippen LogP) is 2.56. The lowest BCUT2D eigenvalue weighted by Gasteiger charge is -2.17. The van der Waals surface area contributed by atoms with E-state index in [0.29, 0.717) is 18.0 Å². The Balaban J connectivity index is 1.47. The van der Waals surface area contributed by atoms with Crippen LogP contribution in [0.5, 0.6) is 5.75 Å². The minimum absolute atomic E-state index is 0.0672. The van der Waals surface area contributed by atoms with E-state index in [4.69, 9.17) is 4.74 Å². The maximum absolute atomic E-state index is 12.6. The van der Waals surface area contributed by atoms with Gasteiger partial charge < -0.3 is 19.9 Å². The molecule has 7 heteroatoms. The molecule has 2 N–H and O–H groups in total. The van der Waals surface area contributed by atoms with Crippen molar-refractivity contribution in [3.05, 3.63) is 48.8 Å². The van der Waals surface area contributed by atoms with Crippen molar-refractivity contribution < 1.29 is 14.3 Å². The van der Waals surface area contributed by atoms with Crippen LogP contribution in [0.15, 0.2) is 48.8 Å². The summed E-state index contributed by atoms with van der Waals surface area (Å²) in [6, 6.07) is 12.8. The van der Waals surface area contributed by atoms with E-state index in [1.807, 2.05) is 30.3 Å². The largest absolute Gasteiger partial charge is 0.497 e. The number of amides is 2. The topological polar surface area (TPSA) is 87.3 Å². The quantitative estimate of drug-likeness (QED) is 0.757. The first-order valence-electron chi connectivity index (χ1n) is 8.32. The number of benzene rings is 2. The summed E-state index contributed by atoms with van der Waals surface area (Å²) in [7, 11) is 1.58. The molecule has 1 atom stereocenters. The van der Waals surface area contributed by atoms with Gasteiger partial charge in [0.1, 0.15) is 5.75 Å². The van der Waals surface area contributed by atoms with Crippen molar-refractivity contribution in [3.63, 3.8) is 0 Å². The number of H-pyrrole nitrogens is 1. The molecule has 1 aliphatic heterocycles. The third-order valence-electron chi connectivity index (χ3n) is 4.55. The van der Waals surface area contributed by atoms with Gasteiger partial charge in [-0.05, 0) is 30.3 Å². The van der Waals surface area contributed by atoms with Crippen molar-refractivity contribution in [2.45, 2.75) is 6.42 Å². The summed E-state index contributed by atoms with van der Waals surface area (Å²) in [6.45, 7) is 0.351. The number of hydrogen-bond donors (Lipinski definition) is 2. The van der Waals surface area contributed by atoms with Crippen molar-refractivity contribution in [3.8, 4) is 5.75 Å². The molecule has 2 aromatic carbocycles. The SMILES string of the molecule is COc1cccc(N2C[C@H](C(=O)Nc3ccc4nc[nH]c4c3)CC2=O)c1. The summed E-state index contributed by atoms with van der Waals surface area (Å²) in [6.07, 6.45) is 1.80. The molecule has 4 rings (SSSR count). The number of carbonyl (C=O) groups excluding carboxylic acids is 2. The van der Waals surface area contributed by atoms with E-state index in [2.05, 4.69) is 15.3 Å². The Morgan fingerprint density at radius 3 is 3.04 bits per heavy atom. The lowest BCUT2D eigenvalue weighted by atomic mass is 10.1. The van der Waals surface area contributed by atoms with Crippen LogP contribution < -0.4 is 15.0 Å². The molecular formula is C19H18N4O3.